The second-order valence-corrected chi connectivity index (χ2v) is 3.14. The number of aromatic amines is 1. The highest BCUT2D eigenvalue weighted by atomic mass is 16.4. The Hall–Kier alpha value is -2.11. The average molecular weight is 207 g/mol. The smallest absolute Gasteiger partial charge is 0.311 e. The molecule has 0 saturated heterocycles. The van der Waals surface area contributed by atoms with Crippen LogP contribution in [0.15, 0.2) is 16.7 Å². The monoisotopic (exact) mass is 207 g/mol. The quantitative estimate of drug-likeness (QED) is 0.783. The predicted octanol–water partition coefficient (Wildman–Crippen LogP) is 1.00. The van der Waals surface area contributed by atoms with Crippen LogP contribution in [0.3, 0.4) is 0 Å². The van der Waals surface area contributed by atoms with Crippen molar-refractivity contribution in [3.8, 4) is 11.6 Å². The number of oxazole rings is 1. The Bertz CT molecular complexity index is 486. The van der Waals surface area contributed by atoms with Crippen molar-refractivity contribution >= 4 is 5.97 Å². The summed E-state index contributed by atoms with van der Waals surface area (Å²) in [6.45, 7) is 1.86. The minimum absolute atomic E-state index is 0.170. The lowest BCUT2D eigenvalue weighted by atomic mass is 10.4. The Morgan fingerprint density at radius 2 is 2.47 bits per heavy atom. The lowest BCUT2D eigenvalue weighted by Gasteiger charge is -1.88. The van der Waals surface area contributed by atoms with Gasteiger partial charge in [0, 0.05) is 5.69 Å². The lowest BCUT2D eigenvalue weighted by Crippen LogP contribution is -1.97. The van der Waals surface area contributed by atoms with Crippen LogP contribution >= 0.6 is 0 Å². The van der Waals surface area contributed by atoms with Crippen molar-refractivity contribution in [1.29, 1.82) is 0 Å². The summed E-state index contributed by atoms with van der Waals surface area (Å²) in [6.07, 6.45) is 1.23. The molecule has 0 unspecified atom stereocenters. The van der Waals surface area contributed by atoms with E-state index in [4.69, 9.17) is 9.52 Å². The Morgan fingerprint density at radius 3 is 3.07 bits per heavy atom. The second kappa shape index (κ2) is 3.56. The van der Waals surface area contributed by atoms with Crippen molar-refractivity contribution in [2.24, 2.45) is 0 Å². The average Bonchev–Trinajstić information content (AvgIpc) is 2.72. The molecule has 2 aromatic heterocycles. The Morgan fingerprint density at radius 1 is 1.67 bits per heavy atom. The number of aryl methyl sites for hydroxylation is 1. The van der Waals surface area contributed by atoms with Gasteiger partial charge >= 0.3 is 5.97 Å². The number of carboxylic acid groups (broad SMARTS) is 1. The van der Waals surface area contributed by atoms with Crippen LogP contribution in [0.1, 0.15) is 11.5 Å². The summed E-state index contributed by atoms with van der Waals surface area (Å²) in [7, 11) is 0. The van der Waals surface area contributed by atoms with Crippen LogP contribution in [-0.4, -0.2) is 26.3 Å². The number of rotatable bonds is 3. The van der Waals surface area contributed by atoms with Crippen molar-refractivity contribution in [1.82, 2.24) is 15.2 Å². The summed E-state index contributed by atoms with van der Waals surface area (Å²) in [6, 6.07) is 1.77. The zero-order valence-electron chi connectivity index (χ0n) is 8.02. The second-order valence-electron chi connectivity index (χ2n) is 3.14. The SMILES string of the molecule is Cc1cc(-c2ncc(CC(=O)O)o2)n[nH]1. The minimum atomic E-state index is -0.948. The molecule has 0 aliphatic rings. The van der Waals surface area contributed by atoms with Crippen LogP contribution in [0.4, 0.5) is 0 Å². The number of aromatic nitrogens is 3. The fraction of sp³-hybridized carbons (Fsp3) is 0.222. The molecule has 6 heteroatoms. The van der Waals surface area contributed by atoms with Crippen LogP contribution in [0.25, 0.3) is 11.6 Å². The lowest BCUT2D eigenvalue weighted by molar-refractivity contribution is -0.136. The van der Waals surface area contributed by atoms with Gasteiger partial charge in [0.2, 0.25) is 5.89 Å². The maximum absolute atomic E-state index is 10.4. The van der Waals surface area contributed by atoms with Crippen LogP contribution in [0.5, 0.6) is 0 Å². The van der Waals surface area contributed by atoms with Gasteiger partial charge in [0.15, 0.2) is 0 Å². The topological polar surface area (TPSA) is 92.0 Å². The molecule has 2 N–H and O–H groups in total. The highest BCUT2D eigenvalue weighted by Crippen LogP contribution is 2.17. The van der Waals surface area contributed by atoms with Crippen molar-refractivity contribution in [3.05, 3.63) is 23.7 Å². The number of carboxylic acids is 1. The molecule has 0 spiro atoms. The van der Waals surface area contributed by atoms with Crippen molar-refractivity contribution in [3.63, 3.8) is 0 Å². The van der Waals surface area contributed by atoms with Gasteiger partial charge in [0.05, 0.1) is 6.20 Å². The number of hydrogen-bond acceptors (Lipinski definition) is 4. The molecule has 0 atom stereocenters. The van der Waals surface area contributed by atoms with Gasteiger partial charge < -0.3 is 9.52 Å². The number of nitrogens with zero attached hydrogens (tertiary/aromatic N) is 2. The van der Waals surface area contributed by atoms with Gasteiger partial charge in [-0.1, -0.05) is 0 Å². The molecule has 0 saturated carbocycles. The van der Waals surface area contributed by atoms with Gasteiger partial charge in [-0.2, -0.15) is 5.10 Å². The maximum atomic E-state index is 10.4. The zero-order chi connectivity index (χ0) is 10.8. The molecule has 0 radical (unpaired) electrons. The highest BCUT2D eigenvalue weighted by Gasteiger charge is 2.11. The van der Waals surface area contributed by atoms with E-state index in [1.54, 1.807) is 6.07 Å². The first-order valence-electron chi connectivity index (χ1n) is 4.34. The minimum Gasteiger partial charge on any atom is -0.481 e. The van der Waals surface area contributed by atoms with E-state index in [-0.39, 0.29) is 6.42 Å². The molecule has 0 amide bonds. The Kier molecular flexibility index (Phi) is 2.24. The molecule has 0 fully saturated rings. The van der Waals surface area contributed by atoms with Crippen LogP contribution in [-0.2, 0) is 11.2 Å². The van der Waals surface area contributed by atoms with Gasteiger partial charge in [0.1, 0.15) is 17.9 Å². The number of H-pyrrole nitrogens is 1. The molecule has 0 aliphatic heterocycles. The summed E-state index contributed by atoms with van der Waals surface area (Å²) in [5.41, 5.74) is 1.46. The molecule has 78 valence electrons. The third-order valence-electron chi connectivity index (χ3n) is 1.80. The Labute approximate surface area is 85.0 Å². The summed E-state index contributed by atoms with van der Waals surface area (Å²) >= 11 is 0. The number of hydrogen-bond donors (Lipinski definition) is 2. The molecule has 0 aliphatic carbocycles. The van der Waals surface area contributed by atoms with Gasteiger partial charge in [-0.05, 0) is 13.0 Å². The number of carbonyl (C=O) groups is 1. The summed E-state index contributed by atoms with van der Waals surface area (Å²) in [4.78, 5) is 14.3. The van der Waals surface area contributed by atoms with Crippen molar-refractivity contribution < 1.29 is 14.3 Å². The third kappa shape index (κ3) is 2.04. The first-order chi connectivity index (χ1) is 7.15. The molecule has 2 heterocycles. The predicted molar refractivity (Wildman–Crippen MR) is 50.2 cm³/mol. The molecular formula is C9H9N3O3. The highest BCUT2D eigenvalue weighted by molar-refractivity contribution is 5.69. The van der Waals surface area contributed by atoms with E-state index >= 15 is 0 Å². The first-order valence-corrected chi connectivity index (χ1v) is 4.34. The third-order valence-corrected chi connectivity index (χ3v) is 1.80. The van der Waals surface area contributed by atoms with Crippen LogP contribution < -0.4 is 0 Å². The first kappa shape index (κ1) is 9.45. The van der Waals surface area contributed by atoms with Crippen LogP contribution in [0.2, 0.25) is 0 Å². The normalized spacial score (nSPS) is 10.5. The van der Waals surface area contributed by atoms with Crippen molar-refractivity contribution in [2.45, 2.75) is 13.3 Å². The molecule has 15 heavy (non-hydrogen) atoms. The zero-order valence-corrected chi connectivity index (χ0v) is 8.02. The summed E-state index contributed by atoms with van der Waals surface area (Å²) in [5.74, 6) is -0.301. The molecule has 0 aromatic carbocycles. The van der Waals surface area contributed by atoms with Gasteiger partial charge in [-0.15, -0.1) is 0 Å². The van der Waals surface area contributed by atoms with Gasteiger partial charge in [-0.25, -0.2) is 4.98 Å². The van der Waals surface area contributed by atoms with E-state index in [2.05, 4.69) is 15.2 Å². The Balaban J connectivity index is 2.23. The van der Waals surface area contributed by atoms with Gasteiger partial charge in [-0.3, -0.25) is 9.89 Å². The number of aliphatic carboxylic acids is 1. The van der Waals surface area contributed by atoms with Crippen molar-refractivity contribution in [2.75, 3.05) is 0 Å². The fourth-order valence-corrected chi connectivity index (χ4v) is 1.18. The standard InChI is InChI=1S/C9H9N3O3/c1-5-2-7(12-11-5)9-10-4-6(15-9)3-8(13)14/h2,4H,3H2,1H3,(H,11,12)(H,13,14). The van der Waals surface area contributed by atoms with E-state index in [1.807, 2.05) is 6.92 Å². The molecule has 2 aromatic rings. The fourth-order valence-electron chi connectivity index (χ4n) is 1.18. The van der Waals surface area contributed by atoms with E-state index in [0.717, 1.165) is 5.69 Å². The van der Waals surface area contributed by atoms with E-state index in [9.17, 15) is 4.79 Å². The summed E-state index contributed by atoms with van der Waals surface area (Å²) in [5, 5.41) is 15.2. The summed E-state index contributed by atoms with van der Waals surface area (Å²) < 4.78 is 5.22. The van der Waals surface area contributed by atoms with Crippen LogP contribution in [0, 0.1) is 6.92 Å². The molecule has 0 bridgehead atoms. The van der Waals surface area contributed by atoms with Gasteiger partial charge in [0.25, 0.3) is 0 Å². The molecule has 6 nitrogen and oxygen atoms in total. The van der Waals surface area contributed by atoms with E-state index in [1.165, 1.54) is 6.20 Å². The van der Waals surface area contributed by atoms with E-state index in [0.29, 0.717) is 17.3 Å². The van der Waals surface area contributed by atoms with E-state index < -0.39 is 5.97 Å². The largest absolute Gasteiger partial charge is 0.481 e. The number of nitrogens with one attached hydrogen (secondary N) is 1. The molecule has 2 rings (SSSR count). The maximum Gasteiger partial charge on any atom is 0.311 e. The molecular weight excluding hydrogens is 198 g/mol.